The number of carbonyl (C=O) groups is 2. The van der Waals surface area contributed by atoms with Gasteiger partial charge in [-0.1, -0.05) is 48.9 Å². The molecule has 0 bridgehead atoms. The zero-order chi connectivity index (χ0) is 22.1. The molecule has 0 aliphatic carbocycles. The molecule has 0 unspecified atom stereocenters. The number of sulfonamides is 1. The van der Waals surface area contributed by atoms with E-state index >= 15 is 0 Å². The van der Waals surface area contributed by atoms with Crippen LogP contribution in [0.15, 0.2) is 59.5 Å². The molecule has 1 fully saturated rings. The minimum absolute atomic E-state index is 0.292. The lowest BCUT2D eigenvalue weighted by Crippen LogP contribution is -2.41. The summed E-state index contributed by atoms with van der Waals surface area (Å²) < 4.78 is 26.9. The van der Waals surface area contributed by atoms with E-state index in [1.54, 1.807) is 28.6 Å². The second kappa shape index (κ2) is 11.1. The third kappa shape index (κ3) is 6.63. The molecular formula is C23H29N3O4S. The van der Waals surface area contributed by atoms with Crippen molar-refractivity contribution in [2.24, 2.45) is 0 Å². The summed E-state index contributed by atoms with van der Waals surface area (Å²) in [7, 11) is -3.44. The normalized spacial score (nSPS) is 14.7. The molecule has 1 heterocycles. The van der Waals surface area contributed by atoms with E-state index in [1.807, 2.05) is 30.3 Å². The van der Waals surface area contributed by atoms with Crippen LogP contribution in [0.5, 0.6) is 0 Å². The Labute approximate surface area is 183 Å². The molecule has 3 rings (SSSR count). The number of benzene rings is 2. The summed E-state index contributed by atoms with van der Waals surface area (Å²) in [6.07, 6.45) is 4.04. The summed E-state index contributed by atoms with van der Waals surface area (Å²) in [5.41, 5.74) is 1.98. The molecule has 2 N–H and O–H groups in total. The van der Waals surface area contributed by atoms with Crippen LogP contribution in [0.4, 0.5) is 0 Å². The number of hydrogen-bond donors (Lipinski definition) is 2. The van der Waals surface area contributed by atoms with Gasteiger partial charge in [0.05, 0.1) is 4.90 Å². The second-order valence-corrected chi connectivity index (χ2v) is 9.54. The first kappa shape index (κ1) is 23.0. The molecule has 7 nitrogen and oxygen atoms in total. The zero-order valence-electron chi connectivity index (χ0n) is 17.5. The molecule has 0 saturated carbocycles. The van der Waals surface area contributed by atoms with Crippen LogP contribution in [0, 0.1) is 0 Å². The van der Waals surface area contributed by atoms with E-state index in [9.17, 15) is 18.0 Å². The lowest BCUT2D eigenvalue weighted by Gasteiger charge is -2.25. The topological polar surface area (TPSA) is 95.6 Å². The Bertz CT molecular complexity index is 970. The van der Waals surface area contributed by atoms with Gasteiger partial charge in [0.1, 0.15) is 0 Å². The van der Waals surface area contributed by atoms with Crippen LogP contribution in [-0.4, -0.2) is 50.7 Å². The van der Waals surface area contributed by atoms with Gasteiger partial charge in [-0.3, -0.25) is 9.59 Å². The maximum Gasteiger partial charge on any atom is 0.309 e. The van der Waals surface area contributed by atoms with E-state index in [-0.39, 0.29) is 0 Å². The summed E-state index contributed by atoms with van der Waals surface area (Å²) >= 11 is 0. The van der Waals surface area contributed by atoms with Gasteiger partial charge in [-0.25, -0.2) is 8.42 Å². The van der Waals surface area contributed by atoms with Crippen molar-refractivity contribution in [3.05, 3.63) is 65.7 Å². The highest BCUT2D eigenvalue weighted by Crippen LogP contribution is 2.20. The van der Waals surface area contributed by atoms with Crippen LogP contribution >= 0.6 is 0 Å². The van der Waals surface area contributed by atoms with Crippen LogP contribution in [-0.2, 0) is 32.5 Å². The van der Waals surface area contributed by atoms with Crippen LogP contribution < -0.4 is 10.6 Å². The Hall–Kier alpha value is -2.71. The standard InChI is InChI=1S/C23H29N3O4S/c27-22(24-15-13-19-7-3-1-4-8-19)23(28)25-16-14-20-9-11-21(12-10-20)31(29,30)26-17-5-2-6-18-26/h1,3-4,7-12H,2,5-6,13-18H2,(H,24,27)(H,25,28). The number of nitrogens with zero attached hydrogens (tertiary/aromatic N) is 1. The number of hydrogen-bond acceptors (Lipinski definition) is 4. The number of carbonyl (C=O) groups excluding carboxylic acids is 2. The fourth-order valence-electron chi connectivity index (χ4n) is 3.53. The third-order valence-corrected chi connectivity index (χ3v) is 7.24. The average molecular weight is 444 g/mol. The molecule has 166 valence electrons. The minimum atomic E-state index is -3.44. The highest BCUT2D eigenvalue weighted by molar-refractivity contribution is 7.89. The van der Waals surface area contributed by atoms with Gasteiger partial charge in [0.15, 0.2) is 0 Å². The molecule has 0 spiro atoms. The van der Waals surface area contributed by atoms with E-state index in [2.05, 4.69) is 10.6 Å². The zero-order valence-corrected chi connectivity index (χ0v) is 18.4. The molecule has 1 aliphatic heterocycles. The third-order valence-electron chi connectivity index (χ3n) is 5.32. The highest BCUT2D eigenvalue weighted by Gasteiger charge is 2.25. The van der Waals surface area contributed by atoms with Crippen molar-refractivity contribution in [2.75, 3.05) is 26.2 Å². The van der Waals surface area contributed by atoms with Gasteiger partial charge >= 0.3 is 11.8 Å². The molecule has 0 atom stereocenters. The Morgan fingerprint density at radius 1 is 0.742 bits per heavy atom. The van der Waals surface area contributed by atoms with Gasteiger partial charge in [-0.2, -0.15) is 4.31 Å². The summed E-state index contributed by atoms with van der Waals surface area (Å²) in [6.45, 7) is 1.83. The Morgan fingerprint density at radius 3 is 1.81 bits per heavy atom. The highest BCUT2D eigenvalue weighted by atomic mass is 32.2. The quantitative estimate of drug-likeness (QED) is 0.609. The summed E-state index contributed by atoms with van der Waals surface area (Å²) in [6, 6.07) is 16.4. The number of piperidine rings is 1. The Morgan fingerprint density at radius 2 is 1.26 bits per heavy atom. The molecule has 8 heteroatoms. The fraction of sp³-hybridized carbons (Fsp3) is 0.391. The molecule has 2 amide bonds. The van der Waals surface area contributed by atoms with E-state index in [1.165, 1.54) is 0 Å². The van der Waals surface area contributed by atoms with Gasteiger partial charge in [0, 0.05) is 26.2 Å². The van der Waals surface area contributed by atoms with Crippen molar-refractivity contribution in [2.45, 2.75) is 37.0 Å². The molecule has 1 saturated heterocycles. The number of nitrogens with one attached hydrogen (secondary N) is 2. The lowest BCUT2D eigenvalue weighted by atomic mass is 10.1. The monoisotopic (exact) mass is 443 g/mol. The van der Waals surface area contributed by atoms with Crippen LogP contribution in [0.3, 0.4) is 0 Å². The van der Waals surface area contributed by atoms with Crippen molar-refractivity contribution < 1.29 is 18.0 Å². The van der Waals surface area contributed by atoms with E-state index in [0.29, 0.717) is 43.9 Å². The van der Waals surface area contributed by atoms with Gasteiger partial charge in [0.25, 0.3) is 0 Å². The average Bonchev–Trinajstić information content (AvgIpc) is 2.80. The summed E-state index contributed by atoms with van der Waals surface area (Å²) in [5.74, 6) is -1.32. The van der Waals surface area contributed by atoms with Crippen molar-refractivity contribution >= 4 is 21.8 Å². The first-order valence-corrected chi connectivity index (χ1v) is 12.1. The first-order chi connectivity index (χ1) is 15.0. The van der Waals surface area contributed by atoms with Crippen LogP contribution in [0.1, 0.15) is 30.4 Å². The van der Waals surface area contributed by atoms with Crippen molar-refractivity contribution in [3.8, 4) is 0 Å². The largest absolute Gasteiger partial charge is 0.348 e. The molecule has 31 heavy (non-hydrogen) atoms. The van der Waals surface area contributed by atoms with E-state index < -0.39 is 21.8 Å². The van der Waals surface area contributed by atoms with Gasteiger partial charge in [0.2, 0.25) is 10.0 Å². The molecule has 1 aliphatic rings. The fourth-order valence-corrected chi connectivity index (χ4v) is 5.05. The molecular weight excluding hydrogens is 414 g/mol. The van der Waals surface area contributed by atoms with E-state index in [0.717, 1.165) is 30.4 Å². The van der Waals surface area contributed by atoms with Crippen LogP contribution in [0.2, 0.25) is 0 Å². The molecule has 0 aromatic heterocycles. The predicted octanol–water partition coefficient (Wildman–Crippen LogP) is 1.88. The Balaban J connectivity index is 1.40. The van der Waals surface area contributed by atoms with Gasteiger partial charge in [-0.15, -0.1) is 0 Å². The first-order valence-electron chi connectivity index (χ1n) is 10.7. The smallest absolute Gasteiger partial charge is 0.309 e. The van der Waals surface area contributed by atoms with Gasteiger partial charge < -0.3 is 10.6 Å². The minimum Gasteiger partial charge on any atom is -0.348 e. The lowest BCUT2D eigenvalue weighted by molar-refractivity contribution is -0.139. The van der Waals surface area contributed by atoms with Crippen molar-refractivity contribution in [1.29, 1.82) is 0 Å². The molecule has 2 aromatic carbocycles. The van der Waals surface area contributed by atoms with E-state index in [4.69, 9.17) is 0 Å². The van der Waals surface area contributed by atoms with Crippen molar-refractivity contribution in [1.82, 2.24) is 14.9 Å². The van der Waals surface area contributed by atoms with Crippen LogP contribution in [0.25, 0.3) is 0 Å². The SMILES string of the molecule is O=C(NCCc1ccccc1)C(=O)NCCc1ccc(S(=O)(=O)N2CCCCC2)cc1. The molecule has 2 aromatic rings. The molecule has 0 radical (unpaired) electrons. The summed E-state index contributed by atoms with van der Waals surface area (Å²) in [4.78, 5) is 24.1. The summed E-state index contributed by atoms with van der Waals surface area (Å²) in [5, 5.41) is 5.21. The maximum atomic E-state index is 12.7. The van der Waals surface area contributed by atoms with Gasteiger partial charge in [-0.05, 0) is 48.9 Å². The number of amides is 2. The Kier molecular flexibility index (Phi) is 8.20. The second-order valence-electron chi connectivity index (χ2n) is 7.61. The maximum absolute atomic E-state index is 12.7. The number of rotatable bonds is 8. The van der Waals surface area contributed by atoms with Crippen molar-refractivity contribution in [3.63, 3.8) is 0 Å². The predicted molar refractivity (Wildman–Crippen MR) is 119 cm³/mol.